The van der Waals surface area contributed by atoms with Gasteiger partial charge in [-0.3, -0.25) is 4.79 Å². The molecule has 1 aliphatic heterocycles. The maximum absolute atomic E-state index is 12.7. The van der Waals surface area contributed by atoms with E-state index >= 15 is 0 Å². The lowest BCUT2D eigenvalue weighted by Gasteiger charge is -2.29. The van der Waals surface area contributed by atoms with Crippen molar-refractivity contribution in [2.24, 2.45) is 13.0 Å². The van der Waals surface area contributed by atoms with Gasteiger partial charge in [-0.05, 0) is 60.5 Å². The Morgan fingerprint density at radius 1 is 1.09 bits per heavy atom. The van der Waals surface area contributed by atoms with Crippen molar-refractivity contribution in [3.63, 3.8) is 0 Å². The summed E-state index contributed by atoms with van der Waals surface area (Å²) in [5, 5.41) is 12.9. The van der Waals surface area contributed by atoms with Crippen LogP contribution in [0.5, 0.6) is 0 Å². The number of rotatable bonds is 7. The normalized spacial score (nSPS) is 15.7. The number of amides is 1. The van der Waals surface area contributed by atoms with Crippen molar-refractivity contribution in [3.8, 4) is 0 Å². The molecule has 33 heavy (non-hydrogen) atoms. The number of nitrogens with one attached hydrogen (secondary N) is 1. The SMILES string of the molecule is Cn1cnnc1Sc1ccc(NC(=O)C2CCN(S(=O)(=O)/C=C/c3ccccc3)CC2)cc1. The molecule has 8 nitrogen and oxygen atoms in total. The van der Waals surface area contributed by atoms with Crippen LogP contribution in [-0.4, -0.2) is 46.5 Å². The molecule has 1 saturated heterocycles. The number of hydrogen-bond donors (Lipinski definition) is 1. The van der Waals surface area contributed by atoms with E-state index in [1.54, 1.807) is 12.4 Å². The largest absolute Gasteiger partial charge is 0.326 e. The number of piperidine rings is 1. The first-order chi connectivity index (χ1) is 15.9. The summed E-state index contributed by atoms with van der Waals surface area (Å²) in [4.78, 5) is 13.7. The highest BCUT2D eigenvalue weighted by molar-refractivity contribution is 7.99. The molecular formula is C23H25N5O3S2. The van der Waals surface area contributed by atoms with Crippen molar-refractivity contribution in [2.45, 2.75) is 22.9 Å². The summed E-state index contributed by atoms with van der Waals surface area (Å²) in [6, 6.07) is 16.9. The van der Waals surface area contributed by atoms with Crippen molar-refractivity contribution in [1.29, 1.82) is 0 Å². The zero-order chi connectivity index (χ0) is 23.3. The zero-order valence-electron chi connectivity index (χ0n) is 18.2. The number of aromatic nitrogens is 3. The smallest absolute Gasteiger partial charge is 0.236 e. The second kappa shape index (κ2) is 10.3. The Balaban J connectivity index is 1.28. The van der Waals surface area contributed by atoms with E-state index in [0.29, 0.717) is 31.6 Å². The van der Waals surface area contributed by atoms with Gasteiger partial charge in [-0.15, -0.1) is 10.2 Å². The third-order valence-electron chi connectivity index (χ3n) is 5.42. The molecule has 1 N–H and O–H groups in total. The standard InChI is InChI=1S/C23H25N5O3S2/c1-27-17-24-26-23(27)32-21-9-7-20(8-10-21)25-22(29)19-11-14-28(15-12-19)33(30,31)16-13-18-5-3-2-4-6-18/h2-10,13,16-17,19H,11-12,14-15H2,1H3,(H,25,29)/b16-13+. The van der Waals surface area contributed by atoms with Crippen molar-refractivity contribution in [3.05, 3.63) is 71.9 Å². The van der Waals surface area contributed by atoms with Gasteiger partial charge in [0.15, 0.2) is 5.16 Å². The van der Waals surface area contributed by atoms with Gasteiger partial charge in [0.25, 0.3) is 0 Å². The van der Waals surface area contributed by atoms with Crippen molar-refractivity contribution in [1.82, 2.24) is 19.1 Å². The Morgan fingerprint density at radius 3 is 2.42 bits per heavy atom. The van der Waals surface area contributed by atoms with E-state index < -0.39 is 10.0 Å². The molecule has 1 aliphatic rings. The number of aryl methyl sites for hydroxylation is 1. The van der Waals surface area contributed by atoms with Crippen LogP contribution in [0.1, 0.15) is 18.4 Å². The molecule has 1 aromatic heterocycles. The van der Waals surface area contributed by atoms with Crippen molar-refractivity contribution >= 4 is 39.5 Å². The van der Waals surface area contributed by atoms with Crippen LogP contribution in [0, 0.1) is 5.92 Å². The van der Waals surface area contributed by atoms with Gasteiger partial charge in [-0.1, -0.05) is 30.3 Å². The van der Waals surface area contributed by atoms with Crippen LogP contribution >= 0.6 is 11.8 Å². The summed E-state index contributed by atoms with van der Waals surface area (Å²) < 4.78 is 28.5. The van der Waals surface area contributed by atoms with Crippen LogP contribution < -0.4 is 5.32 Å². The lowest BCUT2D eigenvalue weighted by atomic mass is 9.97. The van der Waals surface area contributed by atoms with Crippen LogP contribution in [0.2, 0.25) is 0 Å². The van der Waals surface area contributed by atoms with E-state index in [-0.39, 0.29) is 11.8 Å². The number of hydrogen-bond acceptors (Lipinski definition) is 6. The Kier molecular flexibility index (Phi) is 7.26. The first-order valence-electron chi connectivity index (χ1n) is 10.6. The third-order valence-corrected chi connectivity index (χ3v) is 8.04. The zero-order valence-corrected chi connectivity index (χ0v) is 19.8. The summed E-state index contributed by atoms with van der Waals surface area (Å²) in [7, 11) is -1.63. The van der Waals surface area contributed by atoms with Gasteiger partial charge in [0.2, 0.25) is 15.9 Å². The Morgan fingerprint density at radius 2 is 1.79 bits per heavy atom. The fourth-order valence-electron chi connectivity index (χ4n) is 3.51. The molecule has 172 valence electrons. The maximum atomic E-state index is 12.7. The Bertz CT molecular complexity index is 1220. The van der Waals surface area contributed by atoms with Crippen LogP contribution in [0.4, 0.5) is 5.69 Å². The number of sulfonamides is 1. The molecule has 1 amide bonds. The monoisotopic (exact) mass is 483 g/mol. The minimum atomic E-state index is -3.51. The van der Waals surface area contributed by atoms with Gasteiger partial charge < -0.3 is 9.88 Å². The van der Waals surface area contributed by atoms with Crippen LogP contribution in [0.15, 0.2) is 76.4 Å². The fraction of sp³-hybridized carbons (Fsp3) is 0.261. The quantitative estimate of drug-likeness (QED) is 0.551. The predicted molar refractivity (Wildman–Crippen MR) is 129 cm³/mol. The molecular weight excluding hydrogens is 458 g/mol. The lowest BCUT2D eigenvalue weighted by molar-refractivity contribution is -0.120. The van der Waals surface area contributed by atoms with E-state index in [1.165, 1.54) is 21.5 Å². The lowest BCUT2D eigenvalue weighted by Crippen LogP contribution is -2.40. The summed E-state index contributed by atoms with van der Waals surface area (Å²) in [5.41, 5.74) is 1.54. The molecule has 0 radical (unpaired) electrons. The van der Waals surface area contributed by atoms with Gasteiger partial charge in [0, 0.05) is 42.0 Å². The van der Waals surface area contributed by atoms with Crippen molar-refractivity contribution < 1.29 is 13.2 Å². The Labute approximate surface area is 197 Å². The van der Waals surface area contributed by atoms with Crippen molar-refractivity contribution in [2.75, 3.05) is 18.4 Å². The summed E-state index contributed by atoms with van der Waals surface area (Å²) in [6.07, 6.45) is 4.22. The van der Waals surface area contributed by atoms with Crippen LogP contribution in [0.25, 0.3) is 6.08 Å². The summed E-state index contributed by atoms with van der Waals surface area (Å²) >= 11 is 1.49. The number of nitrogens with zero attached hydrogens (tertiary/aromatic N) is 4. The third kappa shape index (κ3) is 6.10. The molecule has 0 spiro atoms. The number of anilines is 1. The highest BCUT2D eigenvalue weighted by Crippen LogP contribution is 2.27. The first-order valence-corrected chi connectivity index (χ1v) is 12.9. The molecule has 2 aromatic carbocycles. The second-order valence-corrected chi connectivity index (χ2v) is 10.6. The molecule has 1 fully saturated rings. The molecule has 0 saturated carbocycles. The number of benzene rings is 2. The van der Waals surface area contributed by atoms with E-state index in [4.69, 9.17) is 0 Å². The minimum absolute atomic E-state index is 0.0828. The highest BCUT2D eigenvalue weighted by atomic mass is 32.2. The van der Waals surface area contributed by atoms with E-state index in [0.717, 1.165) is 15.6 Å². The second-order valence-electron chi connectivity index (χ2n) is 7.77. The molecule has 0 bridgehead atoms. The molecule has 10 heteroatoms. The first kappa shape index (κ1) is 23.2. The topological polar surface area (TPSA) is 97.2 Å². The van der Waals surface area contributed by atoms with E-state index in [2.05, 4.69) is 15.5 Å². The molecule has 4 rings (SSSR count). The minimum Gasteiger partial charge on any atom is -0.326 e. The average molecular weight is 484 g/mol. The average Bonchev–Trinajstić information content (AvgIpc) is 3.24. The number of carbonyl (C=O) groups excluding carboxylic acids is 1. The van der Waals surface area contributed by atoms with E-state index in [1.807, 2.05) is 66.2 Å². The maximum Gasteiger partial charge on any atom is 0.236 e. The number of carbonyl (C=O) groups is 1. The van der Waals surface area contributed by atoms with Gasteiger partial charge in [0.05, 0.1) is 0 Å². The Hall–Kier alpha value is -2.95. The van der Waals surface area contributed by atoms with Gasteiger partial charge in [-0.2, -0.15) is 4.31 Å². The molecule has 0 atom stereocenters. The van der Waals surface area contributed by atoms with Gasteiger partial charge in [-0.25, -0.2) is 8.42 Å². The summed E-state index contributed by atoms with van der Waals surface area (Å²) in [6.45, 7) is 0.652. The van der Waals surface area contributed by atoms with Crippen LogP contribution in [0.3, 0.4) is 0 Å². The summed E-state index contributed by atoms with van der Waals surface area (Å²) in [5.74, 6) is -0.303. The molecule has 0 aliphatic carbocycles. The molecule has 0 unspecified atom stereocenters. The fourth-order valence-corrected chi connectivity index (χ4v) is 5.49. The van der Waals surface area contributed by atoms with Crippen LogP contribution in [-0.2, 0) is 21.9 Å². The van der Waals surface area contributed by atoms with Gasteiger partial charge >= 0.3 is 0 Å². The molecule has 2 heterocycles. The van der Waals surface area contributed by atoms with E-state index in [9.17, 15) is 13.2 Å². The van der Waals surface area contributed by atoms with Gasteiger partial charge in [0.1, 0.15) is 6.33 Å². The predicted octanol–water partition coefficient (Wildman–Crippen LogP) is 3.62. The highest BCUT2D eigenvalue weighted by Gasteiger charge is 2.30. The molecule has 3 aromatic rings.